The number of nitrogens with two attached hydrogens (primary N) is 1. The van der Waals surface area contributed by atoms with Gasteiger partial charge in [-0.15, -0.1) is 0 Å². The smallest absolute Gasteiger partial charge is 0.410 e. The molecule has 8 N–H and O–H groups in total. The molecule has 34 nitrogen and oxygen atoms in total. The molecule has 4 aromatic carbocycles. The van der Waals surface area contributed by atoms with Crippen molar-refractivity contribution in [1.82, 2.24) is 60.1 Å². The second-order valence-corrected chi connectivity index (χ2v) is 33.7. The number of likely N-dealkylation sites (tertiary alicyclic amines) is 2. The average Bonchev–Trinajstić information content (AvgIpc) is 0.768. The van der Waals surface area contributed by atoms with Gasteiger partial charge < -0.3 is 99.3 Å². The average molecular weight is 1850 g/mol. The van der Waals surface area contributed by atoms with Gasteiger partial charge in [0.15, 0.2) is 0 Å². The van der Waals surface area contributed by atoms with Gasteiger partial charge in [-0.1, -0.05) is 35.9 Å². The van der Waals surface area contributed by atoms with Crippen LogP contribution in [0.3, 0.4) is 0 Å². The van der Waals surface area contributed by atoms with Crippen LogP contribution in [-0.2, 0) is 61.8 Å². The number of pyridine rings is 6. The molecule has 10 aromatic rings. The first kappa shape index (κ1) is 102. The van der Waals surface area contributed by atoms with Gasteiger partial charge in [0, 0.05) is 183 Å². The van der Waals surface area contributed by atoms with Gasteiger partial charge in [-0.2, -0.15) is 10.5 Å². The van der Waals surface area contributed by atoms with Gasteiger partial charge in [-0.25, -0.2) is 49.1 Å². The summed E-state index contributed by atoms with van der Waals surface area (Å²) in [5.41, 5.74) is 13.7. The number of halogens is 1. The number of nitrogens with one attached hydrogen (secondary N) is 6. The lowest BCUT2D eigenvalue weighted by molar-refractivity contribution is 0.0158. The molecule has 0 saturated carbocycles. The van der Waals surface area contributed by atoms with E-state index >= 15 is 0 Å². The summed E-state index contributed by atoms with van der Waals surface area (Å²) in [6.45, 7) is 20.1. The van der Waals surface area contributed by atoms with Crippen LogP contribution in [0.15, 0.2) is 183 Å². The fraction of sp³-hybridized carbons (Fsp3) is 0.394. The Bertz CT molecular complexity index is 5580. The first-order valence-electron chi connectivity index (χ1n) is 44.2. The lowest BCUT2D eigenvalue weighted by Crippen LogP contribution is -2.55. The minimum Gasteiger partial charge on any atom is -0.497 e. The molecule has 6 aromatic heterocycles. The number of ether oxygens (including phenoxy) is 10. The molecule has 11 heterocycles. The Balaban J connectivity index is 0.000000173. The van der Waals surface area contributed by atoms with Crippen molar-refractivity contribution in [3.8, 4) is 58.1 Å². The fourth-order valence-corrected chi connectivity index (χ4v) is 15.2. The molecule has 15 rings (SSSR count). The van der Waals surface area contributed by atoms with E-state index in [2.05, 4.69) is 73.9 Å². The van der Waals surface area contributed by atoms with E-state index in [1.165, 1.54) is 0 Å². The number of urea groups is 2. The summed E-state index contributed by atoms with van der Waals surface area (Å²) in [7, 11) is 13.0. The van der Waals surface area contributed by atoms with Gasteiger partial charge in [-0.3, -0.25) is 10.2 Å². The number of hydrogen-bond acceptors (Lipinski definition) is 28. The molecule has 134 heavy (non-hydrogen) atoms. The Morgan fingerprint density at radius 2 is 0.873 bits per heavy atom. The normalized spacial score (nSPS) is 14.1. The molecule has 0 spiro atoms. The Morgan fingerprint density at radius 1 is 0.463 bits per heavy atom. The van der Waals surface area contributed by atoms with Gasteiger partial charge in [0.25, 0.3) is 0 Å². The predicted octanol–water partition coefficient (Wildman–Crippen LogP) is 16.2. The van der Waals surface area contributed by atoms with E-state index in [0.717, 1.165) is 129 Å². The number of carbonyl (C=O) groups excluding carboxylic acids is 4. The topological polar surface area (TPSA) is 400 Å². The molecule has 5 aliphatic rings. The summed E-state index contributed by atoms with van der Waals surface area (Å²) >= 11 is 5.49. The molecule has 6 amide bonds. The molecular weight excluding hydrogens is 1730 g/mol. The molecule has 0 unspecified atom stereocenters. The highest BCUT2D eigenvalue weighted by atomic mass is 35.5. The van der Waals surface area contributed by atoms with Crippen LogP contribution in [0.2, 0.25) is 5.15 Å². The van der Waals surface area contributed by atoms with Gasteiger partial charge in [-0.05, 0) is 190 Å². The van der Waals surface area contributed by atoms with E-state index in [9.17, 15) is 19.2 Å². The van der Waals surface area contributed by atoms with Gasteiger partial charge in [0.2, 0.25) is 0 Å². The third-order valence-corrected chi connectivity index (χ3v) is 22.4. The van der Waals surface area contributed by atoms with Crippen molar-refractivity contribution in [2.75, 3.05) is 122 Å². The number of fused-ring (bicyclic) bond motifs is 2. The number of carbonyl (C=O) groups is 4. The third-order valence-electron chi connectivity index (χ3n) is 22.1. The van der Waals surface area contributed by atoms with Crippen LogP contribution in [0.4, 0.5) is 48.3 Å². The zero-order chi connectivity index (χ0) is 96.1. The molecule has 35 heteroatoms. The van der Waals surface area contributed by atoms with Gasteiger partial charge in [0.05, 0.1) is 87.6 Å². The second-order valence-electron chi connectivity index (χ2n) is 33.3. The maximum absolute atomic E-state index is 13.8. The van der Waals surface area contributed by atoms with Crippen LogP contribution in [0.5, 0.6) is 46.0 Å². The minimum absolute atomic E-state index is 0.0110. The Labute approximate surface area is 789 Å². The number of rotatable bonds is 25. The molecule has 3 fully saturated rings. The summed E-state index contributed by atoms with van der Waals surface area (Å²) in [4.78, 5) is 85.0. The zero-order valence-corrected chi connectivity index (χ0v) is 79.4. The van der Waals surface area contributed by atoms with Crippen molar-refractivity contribution in [2.24, 2.45) is 5.73 Å². The number of amides is 6. The SMILES string of the molecule is COc1ccc(CN2C(=O)N(C3CCN(C(=O)OC(C)(C)C)CC3)Cc3cccnc32)c(OC)c1.COc1ccc(CNc2ncccc2C#N)c(OC)c1.COc1ccc(CNc2ncccc2CN)c(OC)c1.COc1ccc(CNc2ncccc2CNC2CCN(C(=O)OC(C)(C)C)CC2)c(OC)c1.N#Cc1cccnc1Cl.O=C1Nc2ncccc2CN1C1CCNCC1. The molecule has 0 radical (unpaired) electrons. The molecular formula is C99H123ClN20O14. The maximum atomic E-state index is 13.8. The van der Waals surface area contributed by atoms with Crippen LogP contribution in [0.25, 0.3) is 0 Å². The summed E-state index contributed by atoms with van der Waals surface area (Å²) in [6, 6.07) is 49.8. The van der Waals surface area contributed by atoms with Crippen molar-refractivity contribution in [3.63, 3.8) is 0 Å². The van der Waals surface area contributed by atoms with E-state index in [1.807, 2.05) is 173 Å². The maximum Gasteiger partial charge on any atom is 0.410 e. The first-order chi connectivity index (χ1) is 64.7. The molecule has 710 valence electrons. The van der Waals surface area contributed by atoms with Crippen LogP contribution in [0.1, 0.15) is 136 Å². The Kier molecular flexibility index (Phi) is 38.8. The third kappa shape index (κ3) is 29.9. The zero-order valence-electron chi connectivity index (χ0n) is 78.7. The Morgan fingerprint density at radius 3 is 1.35 bits per heavy atom. The minimum atomic E-state index is -0.531. The number of nitrogens with zero attached hydrogens (tertiary/aromatic N) is 13. The van der Waals surface area contributed by atoms with E-state index in [4.69, 9.17) is 75.2 Å². The van der Waals surface area contributed by atoms with Crippen LogP contribution >= 0.6 is 11.6 Å². The molecule has 0 aliphatic carbocycles. The second kappa shape index (κ2) is 51.0. The number of anilines is 5. The van der Waals surface area contributed by atoms with Gasteiger partial charge >= 0.3 is 24.2 Å². The standard InChI is InChI=1S/C26H34N4O5.C25H36N4O4.C15H19N3O2.C15H15N3O2.C12H16N4O.C6H3ClN2/c1-26(2,3)35-25(32)28-13-10-20(11-14-28)29-17-19-7-6-12-27-23(19)30(24(29)31)16-18-8-9-21(33-4)15-22(18)34-5;1-25(2,3)33-24(30)29-13-10-20(11-14-29)27-17-19-7-6-12-26-23(19)28-16-18-8-9-21(31-4)15-22(18)32-5;2*1-19-13-6-5-12(14(8-13)20-2)10-18-15-11(9-16)4-3-7-17-15;17-12-15-11-9(2-1-5-14-11)8-16(12)10-3-6-13-7-4-10;7-6-5(4-8)2-1-3-9-6/h6-9,12,15,20H,10-11,13-14,16-17H2,1-5H3;6-9,12,15,20,27H,10-11,13-14,16-17H2,1-5H3,(H,26,28);3-8H,9-10,16H2,1-2H3,(H,17,18);3-8H,10H2,1-2H3,(H,17,18);1-2,5,10,13H,3-4,6-8H2,(H,14,15,17);1-3H. The number of hydrogen-bond donors (Lipinski definition) is 7. The Hall–Kier alpha value is -14.2. The number of methoxy groups -OCH3 is 8. The lowest BCUT2D eigenvalue weighted by Gasteiger charge is -2.43. The highest BCUT2D eigenvalue weighted by Gasteiger charge is 2.39. The number of aromatic nitrogens is 6. The van der Waals surface area contributed by atoms with Crippen LogP contribution in [-0.4, -0.2) is 199 Å². The molecule has 5 aliphatic heterocycles. The van der Waals surface area contributed by atoms with Crippen molar-refractivity contribution < 1.29 is 66.5 Å². The molecule has 0 atom stereocenters. The number of benzene rings is 4. The van der Waals surface area contributed by atoms with E-state index in [-0.39, 0.29) is 35.4 Å². The van der Waals surface area contributed by atoms with E-state index in [1.54, 1.807) is 133 Å². The summed E-state index contributed by atoms with van der Waals surface area (Å²) in [5, 5.41) is 37.3. The monoisotopic (exact) mass is 1850 g/mol. The quantitative estimate of drug-likeness (QED) is 0.0261. The predicted molar refractivity (Wildman–Crippen MR) is 514 cm³/mol. The van der Waals surface area contributed by atoms with E-state index < -0.39 is 11.2 Å². The van der Waals surface area contributed by atoms with Crippen LogP contribution < -0.4 is 80.4 Å². The van der Waals surface area contributed by atoms with Crippen molar-refractivity contribution >= 4 is 64.9 Å². The van der Waals surface area contributed by atoms with Crippen molar-refractivity contribution in [2.45, 2.75) is 162 Å². The summed E-state index contributed by atoms with van der Waals surface area (Å²) < 4.78 is 53.7. The number of piperidine rings is 3. The largest absolute Gasteiger partial charge is 0.497 e. The summed E-state index contributed by atoms with van der Waals surface area (Å²) in [5.74, 6) is 9.46. The molecule has 3 saturated heterocycles. The van der Waals surface area contributed by atoms with E-state index in [0.29, 0.717) is 144 Å². The number of nitriles is 2. The first-order valence-corrected chi connectivity index (χ1v) is 44.5. The fourth-order valence-electron chi connectivity index (χ4n) is 15.1. The summed E-state index contributed by atoms with van der Waals surface area (Å²) in [6.07, 6.45) is 14.8. The lowest BCUT2D eigenvalue weighted by atomic mass is 10.0. The highest BCUT2D eigenvalue weighted by Crippen LogP contribution is 2.37. The van der Waals surface area contributed by atoms with Crippen molar-refractivity contribution in [1.29, 1.82) is 10.5 Å². The molecule has 0 bridgehead atoms. The highest BCUT2D eigenvalue weighted by molar-refractivity contribution is 6.30. The van der Waals surface area contributed by atoms with Gasteiger partial charge in [0.1, 0.15) is 104 Å². The van der Waals surface area contributed by atoms with Crippen LogP contribution in [0, 0.1) is 22.7 Å². The van der Waals surface area contributed by atoms with Crippen molar-refractivity contribution in [3.05, 3.63) is 244 Å².